The molecule has 2 fully saturated rings. The number of likely N-dealkylation sites (tertiary alicyclic amines) is 1. The first kappa shape index (κ1) is 16.1. The Labute approximate surface area is 129 Å². The van der Waals surface area contributed by atoms with Crippen molar-refractivity contribution in [3.63, 3.8) is 0 Å². The van der Waals surface area contributed by atoms with Gasteiger partial charge in [0.05, 0.1) is 0 Å². The molecule has 1 unspecified atom stereocenters. The highest BCUT2D eigenvalue weighted by Crippen LogP contribution is 2.24. The summed E-state index contributed by atoms with van der Waals surface area (Å²) < 4.78 is 0. The predicted molar refractivity (Wildman–Crippen MR) is 88.7 cm³/mol. The van der Waals surface area contributed by atoms with Gasteiger partial charge in [-0.2, -0.15) is 0 Å². The lowest BCUT2D eigenvalue weighted by Crippen LogP contribution is -2.47. The van der Waals surface area contributed by atoms with Gasteiger partial charge in [0, 0.05) is 26.2 Å². The summed E-state index contributed by atoms with van der Waals surface area (Å²) in [6.45, 7) is 7.03. The Balaban J connectivity index is 0.00000162. The van der Waals surface area contributed by atoms with Gasteiger partial charge in [-0.3, -0.25) is 4.99 Å². The molecule has 1 saturated carbocycles. The van der Waals surface area contributed by atoms with E-state index in [0.717, 1.165) is 17.8 Å². The predicted octanol–water partition coefficient (Wildman–Crippen LogP) is 3.10. The third-order valence-corrected chi connectivity index (χ3v) is 4.04. The molecule has 1 aliphatic carbocycles. The van der Waals surface area contributed by atoms with E-state index in [0.29, 0.717) is 6.04 Å². The lowest BCUT2D eigenvalue weighted by Gasteiger charge is -2.31. The van der Waals surface area contributed by atoms with E-state index in [2.05, 4.69) is 29.1 Å². The highest BCUT2D eigenvalue weighted by atomic mass is 127. The summed E-state index contributed by atoms with van der Waals surface area (Å²) >= 11 is 0. The molecule has 0 aromatic heterocycles. The normalized spacial score (nSPS) is 25.0. The molecular formula is C14H28IN3. The van der Waals surface area contributed by atoms with Crippen molar-refractivity contribution in [1.29, 1.82) is 0 Å². The first-order chi connectivity index (χ1) is 8.19. The van der Waals surface area contributed by atoms with Crippen LogP contribution in [0.3, 0.4) is 0 Å². The molecule has 0 amide bonds. The molecule has 4 heteroatoms. The molecule has 1 atom stereocenters. The minimum absolute atomic E-state index is 0. The molecule has 1 N–H and O–H groups in total. The van der Waals surface area contributed by atoms with Crippen molar-refractivity contribution in [2.45, 2.75) is 52.0 Å². The Kier molecular flexibility index (Phi) is 6.74. The van der Waals surface area contributed by atoms with Crippen molar-refractivity contribution in [2.24, 2.45) is 16.8 Å². The van der Waals surface area contributed by atoms with Crippen LogP contribution >= 0.6 is 24.0 Å². The Bertz CT molecular complexity index is 274. The number of hydrogen-bond acceptors (Lipinski definition) is 1. The number of rotatable bonds is 3. The molecule has 3 nitrogen and oxygen atoms in total. The average molecular weight is 365 g/mol. The number of nitrogens with zero attached hydrogens (tertiary/aromatic N) is 2. The van der Waals surface area contributed by atoms with Crippen LogP contribution in [0.1, 0.15) is 46.0 Å². The third-order valence-electron chi connectivity index (χ3n) is 4.04. The van der Waals surface area contributed by atoms with Crippen molar-refractivity contribution in [1.82, 2.24) is 10.2 Å². The molecule has 0 aromatic rings. The molecule has 0 aromatic carbocycles. The van der Waals surface area contributed by atoms with Crippen LogP contribution in [0.15, 0.2) is 4.99 Å². The van der Waals surface area contributed by atoms with E-state index in [-0.39, 0.29) is 24.0 Å². The van der Waals surface area contributed by atoms with E-state index in [1.54, 1.807) is 0 Å². The van der Waals surface area contributed by atoms with Crippen molar-refractivity contribution in [2.75, 3.05) is 20.1 Å². The Hall–Kier alpha value is 0. The standard InChI is InChI=1S/C14H27N3.HI/c1-11(2)9-12-7-8-17(10-12)14(15-3)16-13-5-4-6-13;/h11-13H,4-10H2,1-3H3,(H,15,16);1H. The molecule has 1 saturated heterocycles. The maximum Gasteiger partial charge on any atom is 0.193 e. The van der Waals surface area contributed by atoms with Gasteiger partial charge >= 0.3 is 0 Å². The van der Waals surface area contributed by atoms with E-state index in [1.165, 1.54) is 45.2 Å². The fourth-order valence-corrected chi connectivity index (χ4v) is 2.92. The topological polar surface area (TPSA) is 27.6 Å². The summed E-state index contributed by atoms with van der Waals surface area (Å²) in [5.41, 5.74) is 0. The van der Waals surface area contributed by atoms with Crippen molar-refractivity contribution in [3.05, 3.63) is 0 Å². The fourth-order valence-electron chi connectivity index (χ4n) is 2.92. The molecule has 0 bridgehead atoms. The monoisotopic (exact) mass is 365 g/mol. The number of aliphatic imine (C=N–C) groups is 1. The lowest BCUT2D eigenvalue weighted by atomic mass is 9.93. The maximum absolute atomic E-state index is 4.44. The smallest absolute Gasteiger partial charge is 0.193 e. The van der Waals surface area contributed by atoms with E-state index in [9.17, 15) is 0 Å². The highest BCUT2D eigenvalue weighted by Gasteiger charge is 2.27. The third kappa shape index (κ3) is 4.28. The minimum atomic E-state index is 0. The second kappa shape index (κ2) is 7.56. The summed E-state index contributed by atoms with van der Waals surface area (Å²) in [4.78, 5) is 6.89. The van der Waals surface area contributed by atoms with Gasteiger partial charge in [0.15, 0.2) is 5.96 Å². The first-order valence-electron chi connectivity index (χ1n) is 7.17. The fraction of sp³-hybridized carbons (Fsp3) is 0.929. The summed E-state index contributed by atoms with van der Waals surface area (Å²) in [6, 6.07) is 0.692. The van der Waals surface area contributed by atoms with E-state index in [1.807, 2.05) is 7.05 Å². The van der Waals surface area contributed by atoms with Gasteiger partial charge in [-0.25, -0.2) is 0 Å². The quantitative estimate of drug-likeness (QED) is 0.473. The number of nitrogens with one attached hydrogen (secondary N) is 1. The second-order valence-corrected chi connectivity index (χ2v) is 6.05. The van der Waals surface area contributed by atoms with Crippen LogP contribution in [-0.4, -0.2) is 37.0 Å². The second-order valence-electron chi connectivity index (χ2n) is 6.05. The molecule has 1 aliphatic heterocycles. The van der Waals surface area contributed by atoms with E-state index >= 15 is 0 Å². The molecular weight excluding hydrogens is 337 g/mol. The Morgan fingerprint density at radius 1 is 1.33 bits per heavy atom. The largest absolute Gasteiger partial charge is 0.354 e. The van der Waals surface area contributed by atoms with E-state index in [4.69, 9.17) is 0 Å². The molecule has 1 heterocycles. The number of guanidine groups is 1. The average Bonchev–Trinajstić information content (AvgIpc) is 2.64. The zero-order valence-corrected chi connectivity index (χ0v) is 14.3. The van der Waals surface area contributed by atoms with Gasteiger partial charge < -0.3 is 10.2 Å². The number of halogens is 1. The van der Waals surface area contributed by atoms with Crippen LogP contribution in [0, 0.1) is 11.8 Å². The summed E-state index contributed by atoms with van der Waals surface area (Å²) in [5.74, 6) is 2.83. The SMILES string of the molecule is CN=C(NC1CCC1)N1CCC(CC(C)C)C1.I. The van der Waals surface area contributed by atoms with Crippen molar-refractivity contribution < 1.29 is 0 Å². The van der Waals surface area contributed by atoms with E-state index < -0.39 is 0 Å². The summed E-state index contributed by atoms with van der Waals surface area (Å²) in [5, 5.41) is 3.59. The van der Waals surface area contributed by atoms with Gasteiger partial charge in [-0.1, -0.05) is 13.8 Å². The van der Waals surface area contributed by atoms with Crippen LogP contribution in [0.5, 0.6) is 0 Å². The van der Waals surface area contributed by atoms with Crippen molar-refractivity contribution in [3.8, 4) is 0 Å². The molecule has 106 valence electrons. The zero-order chi connectivity index (χ0) is 12.3. The van der Waals surface area contributed by atoms with Crippen LogP contribution in [0.4, 0.5) is 0 Å². The number of hydrogen-bond donors (Lipinski definition) is 1. The Morgan fingerprint density at radius 2 is 2.06 bits per heavy atom. The van der Waals surface area contributed by atoms with Gasteiger partial charge in [0.1, 0.15) is 0 Å². The minimum Gasteiger partial charge on any atom is -0.354 e. The zero-order valence-electron chi connectivity index (χ0n) is 12.0. The molecule has 2 rings (SSSR count). The maximum atomic E-state index is 4.44. The van der Waals surface area contributed by atoms with Crippen molar-refractivity contribution >= 4 is 29.9 Å². The molecule has 2 aliphatic rings. The molecule has 0 spiro atoms. The van der Waals surface area contributed by atoms with Gasteiger partial charge in [0.25, 0.3) is 0 Å². The Morgan fingerprint density at radius 3 is 2.56 bits per heavy atom. The van der Waals surface area contributed by atoms with Gasteiger partial charge in [0.2, 0.25) is 0 Å². The van der Waals surface area contributed by atoms with Gasteiger partial charge in [-0.05, 0) is 43.9 Å². The summed E-state index contributed by atoms with van der Waals surface area (Å²) in [6.07, 6.45) is 6.72. The van der Waals surface area contributed by atoms with Crippen LogP contribution in [0.2, 0.25) is 0 Å². The van der Waals surface area contributed by atoms with Crippen LogP contribution < -0.4 is 5.32 Å². The van der Waals surface area contributed by atoms with Gasteiger partial charge in [-0.15, -0.1) is 24.0 Å². The molecule has 18 heavy (non-hydrogen) atoms. The molecule has 0 radical (unpaired) electrons. The first-order valence-corrected chi connectivity index (χ1v) is 7.17. The lowest BCUT2D eigenvalue weighted by molar-refractivity contribution is 0.354. The van der Waals surface area contributed by atoms with Crippen LogP contribution in [-0.2, 0) is 0 Å². The highest BCUT2D eigenvalue weighted by molar-refractivity contribution is 14.0. The van der Waals surface area contributed by atoms with Crippen LogP contribution in [0.25, 0.3) is 0 Å². The summed E-state index contributed by atoms with van der Waals surface area (Å²) in [7, 11) is 1.91.